The topological polar surface area (TPSA) is 37.4 Å². The molecule has 6 heteroatoms. The molecule has 0 radical (unpaired) electrons. The highest BCUT2D eigenvalue weighted by molar-refractivity contribution is 7.91. The molecular weight excluding hydrogens is 314 g/mol. The van der Waals surface area contributed by atoms with Crippen molar-refractivity contribution in [3.63, 3.8) is 0 Å². The molecule has 1 fully saturated rings. The monoisotopic (exact) mass is 335 g/mol. The van der Waals surface area contributed by atoms with Gasteiger partial charge in [-0.3, -0.25) is 0 Å². The Kier molecular flexibility index (Phi) is 5.90. The van der Waals surface area contributed by atoms with Crippen LogP contribution in [0.2, 0.25) is 0 Å². The van der Waals surface area contributed by atoms with Crippen LogP contribution in [0.3, 0.4) is 0 Å². The third kappa shape index (κ3) is 3.75. The first-order valence-electron chi connectivity index (χ1n) is 7.18. The summed E-state index contributed by atoms with van der Waals surface area (Å²) in [6.07, 6.45) is 7.41. The van der Waals surface area contributed by atoms with E-state index in [1.54, 1.807) is 17.4 Å². The number of sulfonamides is 1. The molecule has 1 saturated carbocycles. The van der Waals surface area contributed by atoms with Crippen LogP contribution < -0.4 is 0 Å². The van der Waals surface area contributed by atoms with Crippen molar-refractivity contribution in [1.82, 2.24) is 4.31 Å². The van der Waals surface area contributed by atoms with Gasteiger partial charge in [0, 0.05) is 23.8 Å². The van der Waals surface area contributed by atoms with Crippen molar-refractivity contribution in [1.29, 1.82) is 0 Å². The molecule has 1 heterocycles. The van der Waals surface area contributed by atoms with Gasteiger partial charge in [-0.1, -0.05) is 25.7 Å². The number of rotatable bonds is 5. The number of hydrogen-bond donors (Lipinski definition) is 0. The third-order valence-electron chi connectivity index (χ3n) is 3.95. The lowest BCUT2D eigenvalue weighted by Crippen LogP contribution is -2.36. The highest BCUT2D eigenvalue weighted by atomic mass is 35.5. The zero-order valence-electron chi connectivity index (χ0n) is 11.8. The second kappa shape index (κ2) is 7.25. The van der Waals surface area contributed by atoms with Gasteiger partial charge in [0.05, 0.1) is 0 Å². The lowest BCUT2D eigenvalue weighted by Gasteiger charge is -2.25. The SMILES string of the molecule is CN(C1CCCCCC1)S(=O)(=O)c1ccc(CCCl)s1. The minimum atomic E-state index is -3.34. The molecule has 0 saturated heterocycles. The first-order valence-corrected chi connectivity index (χ1v) is 9.97. The van der Waals surface area contributed by atoms with Crippen LogP contribution in [0.5, 0.6) is 0 Å². The maximum Gasteiger partial charge on any atom is 0.252 e. The summed E-state index contributed by atoms with van der Waals surface area (Å²) in [6, 6.07) is 3.75. The van der Waals surface area contributed by atoms with Crippen LogP contribution in [0.1, 0.15) is 43.4 Å². The summed E-state index contributed by atoms with van der Waals surface area (Å²) >= 11 is 7.06. The van der Waals surface area contributed by atoms with Gasteiger partial charge >= 0.3 is 0 Å². The number of halogens is 1. The van der Waals surface area contributed by atoms with Crippen LogP contribution in [0, 0.1) is 0 Å². The van der Waals surface area contributed by atoms with E-state index in [0.29, 0.717) is 10.1 Å². The first-order chi connectivity index (χ1) is 9.55. The molecule has 0 unspecified atom stereocenters. The standard InChI is InChI=1S/C14H22ClNO2S2/c1-16(12-6-4-2-3-5-7-12)20(17,18)14-9-8-13(19-14)10-11-15/h8-9,12H,2-7,10-11H2,1H3. The summed E-state index contributed by atoms with van der Waals surface area (Å²) in [5.74, 6) is 0.526. The van der Waals surface area contributed by atoms with E-state index in [0.717, 1.165) is 37.0 Å². The zero-order valence-corrected chi connectivity index (χ0v) is 14.2. The molecule has 3 nitrogen and oxygen atoms in total. The van der Waals surface area contributed by atoms with E-state index in [1.807, 2.05) is 6.07 Å². The molecule has 114 valence electrons. The summed E-state index contributed by atoms with van der Waals surface area (Å²) < 4.78 is 27.4. The van der Waals surface area contributed by atoms with Gasteiger partial charge in [0.2, 0.25) is 0 Å². The Labute approximate surface area is 131 Å². The van der Waals surface area contributed by atoms with Crippen LogP contribution >= 0.6 is 22.9 Å². The van der Waals surface area contributed by atoms with Gasteiger partial charge in [-0.05, 0) is 31.4 Å². The predicted molar refractivity (Wildman–Crippen MR) is 85.2 cm³/mol. The van der Waals surface area contributed by atoms with Gasteiger partial charge in [0.1, 0.15) is 4.21 Å². The highest BCUT2D eigenvalue weighted by Crippen LogP contribution is 2.29. The number of nitrogens with zero attached hydrogens (tertiary/aromatic N) is 1. The molecule has 0 aliphatic heterocycles. The van der Waals surface area contributed by atoms with Crippen molar-refractivity contribution in [2.75, 3.05) is 12.9 Å². The Bertz CT molecular complexity index is 519. The summed E-state index contributed by atoms with van der Waals surface area (Å²) in [5.41, 5.74) is 0. The van der Waals surface area contributed by atoms with Crippen LogP contribution in [-0.2, 0) is 16.4 Å². The molecule has 0 spiro atoms. The fourth-order valence-corrected chi connectivity index (χ4v) is 5.96. The number of hydrogen-bond acceptors (Lipinski definition) is 3. The average molecular weight is 336 g/mol. The van der Waals surface area contributed by atoms with E-state index in [1.165, 1.54) is 24.2 Å². The maximum atomic E-state index is 12.7. The van der Waals surface area contributed by atoms with E-state index in [9.17, 15) is 8.42 Å². The molecule has 0 N–H and O–H groups in total. The van der Waals surface area contributed by atoms with Gasteiger partial charge in [-0.15, -0.1) is 22.9 Å². The van der Waals surface area contributed by atoms with Crippen LogP contribution in [-0.4, -0.2) is 31.7 Å². The molecule has 0 atom stereocenters. The number of alkyl halides is 1. The smallest absolute Gasteiger partial charge is 0.206 e. The fraction of sp³-hybridized carbons (Fsp3) is 0.714. The van der Waals surface area contributed by atoms with Gasteiger partial charge in [0.15, 0.2) is 0 Å². The van der Waals surface area contributed by atoms with Crippen molar-refractivity contribution in [2.24, 2.45) is 0 Å². The summed E-state index contributed by atoms with van der Waals surface area (Å²) in [7, 11) is -1.62. The molecule has 20 heavy (non-hydrogen) atoms. The van der Waals surface area contributed by atoms with Gasteiger partial charge in [0.25, 0.3) is 10.0 Å². The minimum Gasteiger partial charge on any atom is -0.206 e. The second-order valence-electron chi connectivity index (χ2n) is 5.33. The van der Waals surface area contributed by atoms with Crippen LogP contribution in [0.4, 0.5) is 0 Å². The van der Waals surface area contributed by atoms with Gasteiger partial charge in [-0.25, -0.2) is 8.42 Å². The Balaban J connectivity index is 2.14. The molecule has 0 aromatic carbocycles. The molecule has 0 amide bonds. The van der Waals surface area contributed by atoms with E-state index in [2.05, 4.69) is 0 Å². The first kappa shape index (κ1) is 16.3. The Morgan fingerprint density at radius 3 is 2.50 bits per heavy atom. The summed E-state index contributed by atoms with van der Waals surface area (Å²) in [5, 5.41) is 0. The Morgan fingerprint density at radius 2 is 1.90 bits per heavy atom. The molecule has 1 aromatic rings. The van der Waals surface area contributed by atoms with Gasteiger partial charge < -0.3 is 0 Å². The van der Waals surface area contributed by atoms with Crippen LogP contribution in [0.15, 0.2) is 16.3 Å². The van der Waals surface area contributed by atoms with Crippen molar-refractivity contribution in [2.45, 2.75) is 55.2 Å². The van der Waals surface area contributed by atoms with Crippen molar-refractivity contribution < 1.29 is 8.42 Å². The Morgan fingerprint density at radius 1 is 1.25 bits per heavy atom. The minimum absolute atomic E-state index is 0.154. The molecule has 1 aromatic heterocycles. The normalized spacial score (nSPS) is 18.4. The predicted octanol–water partition coefficient (Wildman–Crippen LogP) is 3.87. The number of thiophene rings is 1. The lowest BCUT2D eigenvalue weighted by atomic mass is 10.1. The van der Waals surface area contributed by atoms with Crippen molar-refractivity contribution in [3.8, 4) is 0 Å². The number of aryl methyl sites for hydroxylation is 1. The van der Waals surface area contributed by atoms with Crippen molar-refractivity contribution in [3.05, 3.63) is 17.0 Å². The Hall–Kier alpha value is -0.100. The summed E-state index contributed by atoms with van der Waals surface area (Å²) in [6.45, 7) is 0. The van der Waals surface area contributed by atoms with E-state index >= 15 is 0 Å². The molecule has 0 bridgehead atoms. The van der Waals surface area contributed by atoms with Crippen LogP contribution in [0.25, 0.3) is 0 Å². The largest absolute Gasteiger partial charge is 0.252 e. The van der Waals surface area contributed by atoms with E-state index in [-0.39, 0.29) is 6.04 Å². The second-order valence-corrected chi connectivity index (χ2v) is 9.10. The van der Waals surface area contributed by atoms with Gasteiger partial charge in [-0.2, -0.15) is 4.31 Å². The third-order valence-corrected chi connectivity index (χ3v) is 7.66. The highest BCUT2D eigenvalue weighted by Gasteiger charge is 2.29. The molecular formula is C14H22ClNO2S2. The van der Waals surface area contributed by atoms with E-state index < -0.39 is 10.0 Å². The average Bonchev–Trinajstić information content (AvgIpc) is 2.74. The lowest BCUT2D eigenvalue weighted by molar-refractivity contribution is 0.336. The van der Waals surface area contributed by atoms with Crippen molar-refractivity contribution >= 4 is 33.0 Å². The quantitative estimate of drug-likeness (QED) is 0.605. The summed E-state index contributed by atoms with van der Waals surface area (Å²) in [4.78, 5) is 1.04. The molecule has 2 rings (SSSR count). The fourth-order valence-electron chi connectivity index (χ4n) is 2.68. The molecule has 1 aliphatic carbocycles. The molecule has 1 aliphatic rings. The maximum absolute atomic E-state index is 12.7. The van der Waals surface area contributed by atoms with E-state index in [4.69, 9.17) is 11.6 Å². The zero-order chi connectivity index (χ0) is 14.6.